The topological polar surface area (TPSA) is 82.0 Å². The quantitative estimate of drug-likeness (QED) is 0.637. The minimum Gasteiger partial charge on any atom is -0.508 e. The number of aliphatic hydroxyl groups is 1. The van der Waals surface area contributed by atoms with Gasteiger partial charge in [-0.3, -0.25) is 0 Å². The fraction of sp³-hybridized carbons (Fsp3) is 0.611. The maximum absolute atomic E-state index is 11.9. The Hall–Kier alpha value is -1.95. The Morgan fingerprint density at radius 1 is 1.17 bits per heavy atom. The van der Waals surface area contributed by atoms with E-state index in [9.17, 15) is 15.0 Å². The zero-order valence-corrected chi connectivity index (χ0v) is 14.1. The molecule has 1 aromatic carbocycles. The molecule has 0 aromatic heterocycles. The van der Waals surface area contributed by atoms with Gasteiger partial charge in [-0.05, 0) is 62.8 Å². The molecule has 0 aliphatic carbocycles. The van der Waals surface area contributed by atoms with E-state index >= 15 is 0 Å². The van der Waals surface area contributed by atoms with Crippen molar-refractivity contribution in [2.45, 2.75) is 44.6 Å². The van der Waals surface area contributed by atoms with Crippen molar-refractivity contribution >= 4 is 6.03 Å². The van der Waals surface area contributed by atoms with E-state index in [4.69, 9.17) is 4.74 Å². The molecule has 134 valence electrons. The van der Waals surface area contributed by atoms with Crippen LogP contribution in [-0.4, -0.2) is 53.5 Å². The Balaban J connectivity index is 1.50. The van der Waals surface area contributed by atoms with Gasteiger partial charge in [0.1, 0.15) is 18.1 Å². The number of hydrogen-bond acceptors (Lipinski definition) is 4. The van der Waals surface area contributed by atoms with Crippen LogP contribution in [0.2, 0.25) is 0 Å². The Bertz CT molecular complexity index is 486. The maximum atomic E-state index is 11.9. The normalized spacial score (nSPS) is 15.8. The first-order valence-electron chi connectivity index (χ1n) is 8.78. The summed E-state index contributed by atoms with van der Waals surface area (Å²) in [6, 6.07) is 6.46. The first-order chi connectivity index (χ1) is 11.6. The van der Waals surface area contributed by atoms with E-state index < -0.39 is 6.10 Å². The molecule has 0 radical (unpaired) electrons. The number of likely N-dealkylation sites (tertiary alicyclic amines) is 1. The second-order valence-electron chi connectivity index (χ2n) is 6.23. The summed E-state index contributed by atoms with van der Waals surface area (Å²) in [7, 11) is 0. The fourth-order valence-electron chi connectivity index (χ4n) is 2.73. The molecule has 0 bridgehead atoms. The monoisotopic (exact) mass is 336 g/mol. The van der Waals surface area contributed by atoms with E-state index in [0.29, 0.717) is 18.7 Å². The molecule has 1 saturated heterocycles. The van der Waals surface area contributed by atoms with Crippen molar-refractivity contribution in [2.24, 2.45) is 0 Å². The average Bonchev–Trinajstić information content (AvgIpc) is 2.61. The number of amides is 2. The lowest BCUT2D eigenvalue weighted by molar-refractivity contribution is 0.0976. The highest BCUT2D eigenvalue weighted by atomic mass is 16.5. The number of urea groups is 1. The number of nitrogens with zero attached hydrogens (tertiary/aromatic N) is 1. The molecule has 1 fully saturated rings. The lowest BCUT2D eigenvalue weighted by Crippen LogP contribution is -2.43. The molecule has 6 nitrogen and oxygen atoms in total. The molecular weight excluding hydrogens is 308 g/mol. The summed E-state index contributed by atoms with van der Waals surface area (Å²) in [5.41, 5.74) is 0. The number of carbonyl (C=O) groups excluding carboxylic acids is 1. The molecule has 1 atom stereocenters. The van der Waals surface area contributed by atoms with Gasteiger partial charge in [-0.1, -0.05) is 0 Å². The zero-order chi connectivity index (χ0) is 17.2. The number of nitrogens with one attached hydrogen (secondary N) is 1. The largest absolute Gasteiger partial charge is 0.508 e. The third-order valence-corrected chi connectivity index (χ3v) is 4.16. The SMILES string of the molecule is O=C(NCCCC[C@@H](O)COc1ccc(O)cc1)N1CCCCC1. The highest BCUT2D eigenvalue weighted by Crippen LogP contribution is 2.16. The van der Waals surface area contributed by atoms with Gasteiger partial charge in [-0.2, -0.15) is 0 Å². The minimum atomic E-state index is -0.531. The summed E-state index contributed by atoms with van der Waals surface area (Å²) >= 11 is 0. The number of phenols is 1. The van der Waals surface area contributed by atoms with Gasteiger partial charge in [0, 0.05) is 19.6 Å². The molecule has 3 N–H and O–H groups in total. The molecular formula is C18H28N2O4. The van der Waals surface area contributed by atoms with E-state index in [1.807, 2.05) is 4.90 Å². The van der Waals surface area contributed by atoms with Gasteiger partial charge in [-0.15, -0.1) is 0 Å². The number of carbonyl (C=O) groups is 1. The Morgan fingerprint density at radius 3 is 2.58 bits per heavy atom. The molecule has 24 heavy (non-hydrogen) atoms. The standard InChI is InChI=1S/C18H28N2O4/c21-15-7-9-17(10-8-15)24-14-16(22)6-2-3-11-19-18(23)20-12-4-1-5-13-20/h7-10,16,21-22H,1-6,11-14H2,(H,19,23)/t16-/m1/s1. The molecule has 2 rings (SSSR count). The van der Waals surface area contributed by atoms with Crippen LogP contribution in [0.3, 0.4) is 0 Å². The molecule has 1 heterocycles. The van der Waals surface area contributed by atoms with Gasteiger partial charge >= 0.3 is 6.03 Å². The van der Waals surface area contributed by atoms with Crippen molar-refractivity contribution in [1.82, 2.24) is 10.2 Å². The van der Waals surface area contributed by atoms with E-state index in [0.717, 1.165) is 38.8 Å². The number of benzene rings is 1. The number of piperidine rings is 1. The highest BCUT2D eigenvalue weighted by molar-refractivity contribution is 5.74. The summed E-state index contributed by atoms with van der Waals surface area (Å²) < 4.78 is 5.46. The van der Waals surface area contributed by atoms with Crippen molar-refractivity contribution in [3.05, 3.63) is 24.3 Å². The summed E-state index contributed by atoms with van der Waals surface area (Å²) in [5, 5.41) is 22.0. The van der Waals surface area contributed by atoms with Gasteiger partial charge in [0.2, 0.25) is 0 Å². The van der Waals surface area contributed by atoms with Gasteiger partial charge < -0.3 is 25.2 Å². The van der Waals surface area contributed by atoms with E-state index in [1.54, 1.807) is 24.3 Å². The van der Waals surface area contributed by atoms with Crippen LogP contribution >= 0.6 is 0 Å². The third kappa shape index (κ3) is 6.66. The number of ether oxygens (including phenoxy) is 1. The van der Waals surface area contributed by atoms with Crippen molar-refractivity contribution in [3.8, 4) is 11.5 Å². The van der Waals surface area contributed by atoms with E-state index in [2.05, 4.69) is 5.32 Å². The Kier molecular flexibility index (Phi) is 7.68. The van der Waals surface area contributed by atoms with Crippen LogP contribution in [0.25, 0.3) is 0 Å². The Labute approximate surface area is 143 Å². The lowest BCUT2D eigenvalue weighted by atomic mass is 10.1. The van der Waals surface area contributed by atoms with E-state index in [1.165, 1.54) is 6.42 Å². The zero-order valence-electron chi connectivity index (χ0n) is 14.1. The molecule has 0 unspecified atom stereocenters. The smallest absolute Gasteiger partial charge is 0.317 e. The van der Waals surface area contributed by atoms with Crippen molar-refractivity contribution in [2.75, 3.05) is 26.2 Å². The van der Waals surface area contributed by atoms with Crippen LogP contribution in [0.15, 0.2) is 24.3 Å². The first kappa shape index (κ1) is 18.4. The second-order valence-corrected chi connectivity index (χ2v) is 6.23. The van der Waals surface area contributed by atoms with Crippen LogP contribution in [0.4, 0.5) is 4.79 Å². The molecule has 6 heteroatoms. The van der Waals surface area contributed by atoms with Crippen molar-refractivity contribution < 1.29 is 19.7 Å². The summed E-state index contributed by atoms with van der Waals surface area (Å²) in [4.78, 5) is 13.8. The van der Waals surface area contributed by atoms with Gasteiger partial charge in [0.05, 0.1) is 6.10 Å². The number of rotatable bonds is 8. The number of aliphatic hydroxyl groups excluding tert-OH is 1. The second kappa shape index (κ2) is 10.0. The molecule has 2 amide bonds. The minimum absolute atomic E-state index is 0.0333. The summed E-state index contributed by atoms with van der Waals surface area (Å²) in [6.45, 7) is 2.59. The summed E-state index contributed by atoms with van der Waals surface area (Å²) in [6.07, 6.45) is 5.19. The summed E-state index contributed by atoms with van der Waals surface area (Å²) in [5.74, 6) is 0.815. The molecule has 0 spiro atoms. The fourth-order valence-corrected chi connectivity index (χ4v) is 2.73. The molecule has 0 saturated carbocycles. The van der Waals surface area contributed by atoms with Crippen molar-refractivity contribution in [3.63, 3.8) is 0 Å². The van der Waals surface area contributed by atoms with Crippen LogP contribution in [-0.2, 0) is 0 Å². The third-order valence-electron chi connectivity index (χ3n) is 4.16. The highest BCUT2D eigenvalue weighted by Gasteiger charge is 2.15. The predicted molar refractivity (Wildman–Crippen MR) is 92.3 cm³/mol. The van der Waals surface area contributed by atoms with Gasteiger partial charge in [-0.25, -0.2) is 4.79 Å². The van der Waals surface area contributed by atoms with Crippen LogP contribution < -0.4 is 10.1 Å². The van der Waals surface area contributed by atoms with E-state index in [-0.39, 0.29) is 18.4 Å². The van der Waals surface area contributed by atoms with Crippen LogP contribution in [0, 0.1) is 0 Å². The number of hydrogen-bond donors (Lipinski definition) is 3. The molecule has 1 aliphatic rings. The van der Waals surface area contributed by atoms with Crippen molar-refractivity contribution in [1.29, 1.82) is 0 Å². The number of unbranched alkanes of at least 4 members (excludes halogenated alkanes) is 1. The van der Waals surface area contributed by atoms with Crippen LogP contribution in [0.5, 0.6) is 11.5 Å². The maximum Gasteiger partial charge on any atom is 0.317 e. The first-order valence-corrected chi connectivity index (χ1v) is 8.78. The number of aromatic hydroxyl groups is 1. The van der Waals surface area contributed by atoms with Gasteiger partial charge in [0.15, 0.2) is 0 Å². The lowest BCUT2D eigenvalue weighted by Gasteiger charge is -2.26. The predicted octanol–water partition coefficient (Wildman–Crippen LogP) is 2.50. The Morgan fingerprint density at radius 2 is 1.88 bits per heavy atom. The number of phenolic OH excluding ortho intramolecular Hbond substituents is 1. The average molecular weight is 336 g/mol. The molecule has 1 aliphatic heterocycles. The van der Waals surface area contributed by atoms with Gasteiger partial charge in [0.25, 0.3) is 0 Å². The van der Waals surface area contributed by atoms with Crippen LogP contribution in [0.1, 0.15) is 38.5 Å². The molecule has 1 aromatic rings.